The Balaban J connectivity index is 1.52. The zero-order valence-electron chi connectivity index (χ0n) is 22.0. The fourth-order valence-corrected chi connectivity index (χ4v) is 5.20. The zero-order valence-corrected chi connectivity index (χ0v) is 22.0. The van der Waals surface area contributed by atoms with E-state index < -0.39 is 35.6 Å². The summed E-state index contributed by atoms with van der Waals surface area (Å²) in [5.41, 5.74) is -0.978. The van der Waals surface area contributed by atoms with E-state index >= 15 is 0 Å². The van der Waals surface area contributed by atoms with Gasteiger partial charge in [0, 0.05) is 12.1 Å². The van der Waals surface area contributed by atoms with E-state index in [2.05, 4.69) is 22.0 Å². The Bertz CT molecular complexity index is 1150. The Morgan fingerprint density at radius 2 is 1.95 bits per heavy atom. The van der Waals surface area contributed by atoms with E-state index in [-0.39, 0.29) is 28.7 Å². The van der Waals surface area contributed by atoms with Gasteiger partial charge in [0.15, 0.2) is 0 Å². The number of likely N-dealkylation sites (tertiary alicyclic amines) is 1. The van der Waals surface area contributed by atoms with Crippen LogP contribution in [0.25, 0.3) is 11.4 Å². The molecule has 2 N–H and O–H groups in total. The molecule has 0 bridgehead atoms. The summed E-state index contributed by atoms with van der Waals surface area (Å²) in [5, 5.41) is 17.0. The van der Waals surface area contributed by atoms with Crippen molar-refractivity contribution in [2.75, 3.05) is 6.54 Å². The topological polar surface area (TPSA) is 101 Å². The van der Waals surface area contributed by atoms with Gasteiger partial charge in [0.1, 0.15) is 17.5 Å². The quantitative estimate of drug-likeness (QED) is 0.449. The first-order chi connectivity index (χ1) is 17.8. The maximum atomic E-state index is 13.9. The van der Waals surface area contributed by atoms with Gasteiger partial charge >= 0.3 is 12.3 Å². The van der Waals surface area contributed by atoms with Crippen molar-refractivity contribution >= 4 is 6.09 Å². The van der Waals surface area contributed by atoms with E-state index in [1.54, 1.807) is 31.7 Å². The van der Waals surface area contributed by atoms with Crippen LogP contribution in [-0.4, -0.2) is 44.5 Å². The van der Waals surface area contributed by atoms with Crippen molar-refractivity contribution in [3.8, 4) is 11.4 Å². The summed E-state index contributed by atoms with van der Waals surface area (Å²) in [7, 11) is 0. The highest BCUT2D eigenvalue weighted by Gasteiger charge is 2.40. The first-order valence-corrected chi connectivity index (χ1v) is 13.0. The van der Waals surface area contributed by atoms with E-state index in [1.807, 2.05) is 0 Å². The Morgan fingerprint density at radius 1 is 1.24 bits per heavy atom. The van der Waals surface area contributed by atoms with Crippen molar-refractivity contribution < 1.29 is 32.3 Å². The second kappa shape index (κ2) is 11.0. The van der Waals surface area contributed by atoms with Crippen LogP contribution in [0.4, 0.5) is 18.0 Å². The molecule has 2 atom stereocenters. The highest BCUT2D eigenvalue weighted by molar-refractivity contribution is 5.69. The number of carbonyl (C=O) groups excluding carboxylic acids is 1. The number of aromatic nitrogens is 2. The van der Waals surface area contributed by atoms with Gasteiger partial charge in [-0.05, 0) is 57.6 Å². The molecule has 8 nitrogen and oxygen atoms in total. The lowest BCUT2D eigenvalue weighted by atomic mass is 9.94. The first-order valence-electron chi connectivity index (χ1n) is 13.0. The minimum absolute atomic E-state index is 0.0102. The number of benzene rings is 1. The molecule has 38 heavy (non-hydrogen) atoms. The Morgan fingerprint density at radius 3 is 2.61 bits per heavy atom. The number of amides is 1. The van der Waals surface area contributed by atoms with E-state index in [9.17, 15) is 23.1 Å². The maximum Gasteiger partial charge on any atom is 0.416 e. The second-order valence-electron chi connectivity index (χ2n) is 11.1. The molecule has 2 aromatic rings. The molecule has 208 valence electrons. The largest absolute Gasteiger partial charge is 0.444 e. The molecule has 2 fully saturated rings. The molecule has 1 saturated carbocycles. The predicted molar refractivity (Wildman–Crippen MR) is 134 cm³/mol. The lowest BCUT2D eigenvalue weighted by Gasteiger charge is -2.28. The fourth-order valence-electron chi connectivity index (χ4n) is 5.20. The number of nitrogens with zero attached hydrogens (tertiary/aromatic N) is 3. The highest BCUT2D eigenvalue weighted by Crippen LogP contribution is 2.38. The molecule has 1 aliphatic heterocycles. The summed E-state index contributed by atoms with van der Waals surface area (Å²) in [6, 6.07) is 3.29. The Hall–Kier alpha value is -3.08. The van der Waals surface area contributed by atoms with Gasteiger partial charge in [0.2, 0.25) is 5.82 Å². The predicted octanol–water partition coefficient (Wildman–Crippen LogP) is 5.98. The van der Waals surface area contributed by atoms with E-state index in [1.165, 1.54) is 6.07 Å². The number of halogens is 3. The molecule has 11 heteroatoms. The third-order valence-electron chi connectivity index (χ3n) is 7.02. The monoisotopic (exact) mass is 536 g/mol. The smallest absolute Gasteiger partial charge is 0.416 e. The van der Waals surface area contributed by atoms with Crippen molar-refractivity contribution in [3.63, 3.8) is 0 Å². The SMILES string of the molecule is C=C(NC(=O)OC(C)(C)C)N1CC[C@H](O)[C@H]1c1nc(-c2ccc(CCC3CCCC3)c(C(F)(F)F)c2)no1. The lowest BCUT2D eigenvalue weighted by Crippen LogP contribution is -2.38. The molecule has 1 saturated heterocycles. The van der Waals surface area contributed by atoms with Crippen LogP contribution >= 0.6 is 0 Å². The Kier molecular flexibility index (Phi) is 8.06. The lowest BCUT2D eigenvalue weighted by molar-refractivity contribution is -0.138. The third-order valence-corrected chi connectivity index (χ3v) is 7.02. The van der Waals surface area contributed by atoms with Crippen molar-refractivity contribution in [1.29, 1.82) is 0 Å². The van der Waals surface area contributed by atoms with Crippen LogP contribution in [0.1, 0.15) is 82.4 Å². The van der Waals surface area contributed by atoms with Crippen LogP contribution in [0.2, 0.25) is 0 Å². The molecule has 0 radical (unpaired) electrons. The molecule has 4 rings (SSSR count). The number of ether oxygens (including phenoxy) is 1. The van der Waals surface area contributed by atoms with Gasteiger partial charge in [-0.15, -0.1) is 0 Å². The van der Waals surface area contributed by atoms with Gasteiger partial charge < -0.3 is 19.3 Å². The van der Waals surface area contributed by atoms with Gasteiger partial charge in [0.25, 0.3) is 5.89 Å². The average molecular weight is 537 g/mol. The second-order valence-corrected chi connectivity index (χ2v) is 11.1. The summed E-state index contributed by atoms with van der Waals surface area (Å²) in [4.78, 5) is 18.1. The van der Waals surface area contributed by atoms with Crippen LogP contribution in [-0.2, 0) is 17.3 Å². The van der Waals surface area contributed by atoms with Gasteiger partial charge in [-0.1, -0.05) is 49.6 Å². The van der Waals surface area contributed by atoms with Gasteiger partial charge in [-0.3, -0.25) is 5.32 Å². The molecule has 2 heterocycles. The summed E-state index contributed by atoms with van der Waals surface area (Å²) in [6.07, 6.45) is -0.239. The molecule has 1 aromatic carbocycles. The number of alkyl halides is 3. The molecular weight excluding hydrogens is 501 g/mol. The van der Waals surface area contributed by atoms with Crippen LogP contribution in [0.3, 0.4) is 0 Å². The fraction of sp³-hybridized carbons (Fsp3) is 0.593. The van der Waals surface area contributed by atoms with Crippen molar-refractivity contribution in [1.82, 2.24) is 20.4 Å². The number of aliphatic hydroxyl groups is 1. The zero-order chi connectivity index (χ0) is 27.7. The van der Waals surface area contributed by atoms with E-state index in [0.717, 1.165) is 38.2 Å². The van der Waals surface area contributed by atoms with Gasteiger partial charge in [-0.2, -0.15) is 18.2 Å². The molecule has 0 spiro atoms. The number of rotatable bonds is 7. The van der Waals surface area contributed by atoms with Gasteiger partial charge in [0.05, 0.1) is 11.7 Å². The third kappa shape index (κ3) is 6.67. The van der Waals surface area contributed by atoms with Crippen LogP contribution in [0.15, 0.2) is 35.1 Å². The van der Waals surface area contributed by atoms with E-state index in [4.69, 9.17) is 9.26 Å². The summed E-state index contributed by atoms with van der Waals surface area (Å²) in [5.74, 6) is 0.649. The standard InChI is InChI=1S/C27H35F3N4O4/c1-16(31-25(36)37-26(2,3)4)34-14-13-21(35)22(34)24-32-23(33-38-24)19-12-11-18(20(15-19)27(28,29)30)10-9-17-7-5-6-8-17/h11-12,15,17,21-22,35H,1,5-10,13-14H2,2-4H3,(H,31,36)/t21-,22-/m0/s1. The Labute approximate surface area is 220 Å². The van der Waals surface area contributed by atoms with E-state index in [0.29, 0.717) is 25.3 Å². The minimum atomic E-state index is -4.52. The first kappa shape index (κ1) is 27.9. The van der Waals surface area contributed by atoms with Crippen LogP contribution in [0, 0.1) is 5.92 Å². The number of aryl methyl sites for hydroxylation is 1. The number of carbonyl (C=O) groups is 1. The molecule has 0 unspecified atom stereocenters. The van der Waals surface area contributed by atoms with Crippen LogP contribution < -0.4 is 5.32 Å². The number of hydrogen-bond acceptors (Lipinski definition) is 7. The summed E-state index contributed by atoms with van der Waals surface area (Å²) < 4.78 is 52.4. The number of alkyl carbamates (subject to hydrolysis) is 1. The summed E-state index contributed by atoms with van der Waals surface area (Å²) in [6.45, 7) is 9.38. The number of aliphatic hydroxyl groups excluding tert-OH is 1. The number of nitrogens with one attached hydrogen (secondary N) is 1. The average Bonchev–Trinajstić information content (AvgIpc) is 3.56. The minimum Gasteiger partial charge on any atom is -0.444 e. The maximum absolute atomic E-state index is 13.9. The van der Waals surface area contributed by atoms with Crippen molar-refractivity contribution in [2.45, 2.75) is 89.6 Å². The van der Waals surface area contributed by atoms with Crippen molar-refractivity contribution in [2.24, 2.45) is 5.92 Å². The van der Waals surface area contributed by atoms with Crippen molar-refractivity contribution in [3.05, 3.63) is 47.6 Å². The normalized spacial score (nSPS) is 20.7. The molecule has 2 aliphatic rings. The van der Waals surface area contributed by atoms with Gasteiger partial charge in [-0.25, -0.2) is 4.79 Å². The molecule has 1 amide bonds. The summed E-state index contributed by atoms with van der Waals surface area (Å²) >= 11 is 0. The molecule has 1 aromatic heterocycles. The highest BCUT2D eigenvalue weighted by atomic mass is 19.4. The molecule has 1 aliphatic carbocycles. The number of hydrogen-bond donors (Lipinski definition) is 2. The molecular formula is C27H35F3N4O4. The van der Waals surface area contributed by atoms with Crippen LogP contribution in [0.5, 0.6) is 0 Å².